The molecule has 1 rings (SSSR count). The summed E-state index contributed by atoms with van der Waals surface area (Å²) in [5.74, 6) is 2.00. The molecule has 0 heterocycles. The summed E-state index contributed by atoms with van der Waals surface area (Å²) in [6.45, 7) is 9.64. The van der Waals surface area contributed by atoms with Crippen LogP contribution in [0, 0.1) is 17.3 Å². The fourth-order valence-corrected chi connectivity index (χ4v) is 3.22. The topological polar surface area (TPSA) is 0 Å². The molecule has 2 atom stereocenters. The molecule has 0 amide bonds. The molecule has 0 aliphatic heterocycles. The Morgan fingerprint density at radius 3 is 2.25 bits per heavy atom. The normalized spacial score (nSPS) is 35.0. The van der Waals surface area contributed by atoms with Gasteiger partial charge in [-0.2, -0.15) is 0 Å². The summed E-state index contributed by atoms with van der Waals surface area (Å²) in [5.41, 5.74) is 0.619. The third kappa shape index (κ3) is 1.84. The third-order valence-electron chi connectivity index (χ3n) is 3.93. The molecular formula is C12H24. The zero-order valence-electron chi connectivity index (χ0n) is 9.19. The Labute approximate surface area is 77.7 Å². The molecular weight excluding hydrogens is 144 g/mol. The van der Waals surface area contributed by atoms with Gasteiger partial charge in [-0.05, 0) is 23.7 Å². The number of rotatable bonds is 2. The van der Waals surface area contributed by atoms with Gasteiger partial charge in [0.1, 0.15) is 0 Å². The van der Waals surface area contributed by atoms with Crippen molar-refractivity contribution in [1.29, 1.82) is 0 Å². The molecule has 1 fully saturated rings. The van der Waals surface area contributed by atoms with Crippen molar-refractivity contribution in [2.75, 3.05) is 0 Å². The van der Waals surface area contributed by atoms with Crippen molar-refractivity contribution in [3.63, 3.8) is 0 Å². The quantitative estimate of drug-likeness (QED) is 0.578. The molecule has 0 radical (unpaired) electrons. The molecule has 0 saturated heterocycles. The monoisotopic (exact) mass is 168 g/mol. The van der Waals surface area contributed by atoms with E-state index in [2.05, 4.69) is 27.7 Å². The van der Waals surface area contributed by atoms with Crippen LogP contribution in [0.4, 0.5) is 0 Å². The molecule has 2 unspecified atom stereocenters. The summed E-state index contributed by atoms with van der Waals surface area (Å²) >= 11 is 0. The van der Waals surface area contributed by atoms with E-state index in [0.717, 1.165) is 11.8 Å². The Bertz CT molecular complexity index is 135. The lowest BCUT2D eigenvalue weighted by molar-refractivity contribution is 0.0687. The maximum absolute atomic E-state index is 2.46. The molecule has 72 valence electrons. The minimum absolute atomic E-state index is 0.619. The Hall–Kier alpha value is 0. The predicted molar refractivity (Wildman–Crippen MR) is 55.2 cm³/mol. The summed E-state index contributed by atoms with van der Waals surface area (Å²) in [7, 11) is 0. The third-order valence-corrected chi connectivity index (χ3v) is 3.93. The minimum Gasteiger partial charge on any atom is -0.0651 e. The van der Waals surface area contributed by atoms with Gasteiger partial charge < -0.3 is 0 Å². The van der Waals surface area contributed by atoms with Crippen LogP contribution in [0.15, 0.2) is 0 Å². The van der Waals surface area contributed by atoms with Gasteiger partial charge in [-0.15, -0.1) is 0 Å². The average molecular weight is 168 g/mol. The summed E-state index contributed by atoms with van der Waals surface area (Å²) in [4.78, 5) is 0. The lowest BCUT2D eigenvalue weighted by atomic mass is 9.62. The van der Waals surface area contributed by atoms with Crippen molar-refractivity contribution in [3.05, 3.63) is 0 Å². The SMILES string of the molecule is CCC1CCCC(C)(C)C1CC. The van der Waals surface area contributed by atoms with Gasteiger partial charge in [0.05, 0.1) is 0 Å². The first kappa shape index (κ1) is 10.1. The standard InChI is InChI=1S/C12H24/c1-5-10-8-7-9-12(3,4)11(10)6-2/h10-11H,5-9H2,1-4H3. The first-order chi connectivity index (χ1) is 5.61. The molecule has 0 aromatic rings. The van der Waals surface area contributed by atoms with E-state index in [1.54, 1.807) is 0 Å². The molecule has 0 spiro atoms. The van der Waals surface area contributed by atoms with Gasteiger partial charge >= 0.3 is 0 Å². The van der Waals surface area contributed by atoms with Crippen molar-refractivity contribution in [2.24, 2.45) is 17.3 Å². The van der Waals surface area contributed by atoms with Crippen molar-refractivity contribution in [1.82, 2.24) is 0 Å². The van der Waals surface area contributed by atoms with E-state index in [1.807, 2.05) is 0 Å². The van der Waals surface area contributed by atoms with E-state index in [-0.39, 0.29) is 0 Å². The first-order valence-corrected chi connectivity index (χ1v) is 5.61. The van der Waals surface area contributed by atoms with Crippen LogP contribution < -0.4 is 0 Å². The van der Waals surface area contributed by atoms with Gasteiger partial charge in [-0.25, -0.2) is 0 Å². The first-order valence-electron chi connectivity index (χ1n) is 5.61. The highest BCUT2D eigenvalue weighted by Gasteiger charge is 2.36. The fourth-order valence-electron chi connectivity index (χ4n) is 3.22. The largest absolute Gasteiger partial charge is 0.0651 e. The second kappa shape index (κ2) is 3.81. The lowest BCUT2D eigenvalue weighted by Crippen LogP contribution is -2.34. The van der Waals surface area contributed by atoms with Gasteiger partial charge in [0.25, 0.3) is 0 Å². The van der Waals surface area contributed by atoms with Crippen LogP contribution in [0.3, 0.4) is 0 Å². The van der Waals surface area contributed by atoms with Crippen LogP contribution in [0.2, 0.25) is 0 Å². The molecule has 1 aliphatic rings. The Morgan fingerprint density at radius 1 is 1.17 bits per heavy atom. The molecule has 0 bridgehead atoms. The van der Waals surface area contributed by atoms with Crippen molar-refractivity contribution >= 4 is 0 Å². The van der Waals surface area contributed by atoms with Gasteiger partial charge in [-0.1, -0.05) is 53.4 Å². The molecule has 0 N–H and O–H groups in total. The molecule has 12 heavy (non-hydrogen) atoms. The van der Waals surface area contributed by atoms with E-state index >= 15 is 0 Å². The van der Waals surface area contributed by atoms with Gasteiger partial charge in [-0.3, -0.25) is 0 Å². The molecule has 0 aromatic carbocycles. The van der Waals surface area contributed by atoms with Crippen molar-refractivity contribution in [2.45, 2.75) is 59.8 Å². The van der Waals surface area contributed by atoms with E-state index < -0.39 is 0 Å². The van der Waals surface area contributed by atoms with Crippen LogP contribution in [-0.4, -0.2) is 0 Å². The molecule has 0 heteroatoms. The number of hydrogen-bond donors (Lipinski definition) is 0. The summed E-state index contributed by atoms with van der Waals surface area (Å²) in [6, 6.07) is 0. The summed E-state index contributed by atoms with van der Waals surface area (Å²) in [5, 5.41) is 0. The zero-order valence-corrected chi connectivity index (χ0v) is 9.19. The minimum atomic E-state index is 0.619. The maximum Gasteiger partial charge on any atom is -0.0323 e. The van der Waals surface area contributed by atoms with E-state index in [1.165, 1.54) is 32.1 Å². The van der Waals surface area contributed by atoms with Crippen LogP contribution in [0.5, 0.6) is 0 Å². The number of hydrogen-bond acceptors (Lipinski definition) is 0. The Kier molecular flexibility index (Phi) is 3.20. The maximum atomic E-state index is 2.46. The van der Waals surface area contributed by atoms with Crippen LogP contribution in [0.25, 0.3) is 0 Å². The van der Waals surface area contributed by atoms with Gasteiger partial charge in [0, 0.05) is 0 Å². The van der Waals surface area contributed by atoms with Crippen molar-refractivity contribution < 1.29 is 0 Å². The van der Waals surface area contributed by atoms with Gasteiger partial charge in [0.15, 0.2) is 0 Å². The molecule has 0 aromatic heterocycles. The second-order valence-electron chi connectivity index (χ2n) is 5.06. The van der Waals surface area contributed by atoms with Crippen LogP contribution >= 0.6 is 0 Å². The highest BCUT2D eigenvalue weighted by atomic mass is 14.4. The smallest absolute Gasteiger partial charge is 0.0323 e. The predicted octanol–water partition coefficient (Wildman–Crippen LogP) is 4.25. The summed E-state index contributed by atoms with van der Waals surface area (Å²) < 4.78 is 0. The second-order valence-corrected chi connectivity index (χ2v) is 5.06. The summed E-state index contributed by atoms with van der Waals surface area (Å²) in [6.07, 6.45) is 7.16. The Balaban J connectivity index is 2.66. The average Bonchev–Trinajstić information content (AvgIpc) is 2.02. The van der Waals surface area contributed by atoms with E-state index in [9.17, 15) is 0 Å². The van der Waals surface area contributed by atoms with E-state index in [4.69, 9.17) is 0 Å². The molecule has 1 saturated carbocycles. The lowest BCUT2D eigenvalue weighted by Gasteiger charge is -2.43. The highest BCUT2D eigenvalue weighted by molar-refractivity contribution is 4.86. The van der Waals surface area contributed by atoms with Crippen LogP contribution in [0.1, 0.15) is 59.8 Å². The van der Waals surface area contributed by atoms with Crippen LogP contribution in [-0.2, 0) is 0 Å². The fraction of sp³-hybridized carbons (Fsp3) is 1.00. The van der Waals surface area contributed by atoms with Gasteiger partial charge in [0.2, 0.25) is 0 Å². The molecule has 1 aliphatic carbocycles. The van der Waals surface area contributed by atoms with E-state index in [0.29, 0.717) is 5.41 Å². The Morgan fingerprint density at radius 2 is 1.83 bits per heavy atom. The highest BCUT2D eigenvalue weighted by Crippen LogP contribution is 2.46. The zero-order chi connectivity index (χ0) is 9.19. The van der Waals surface area contributed by atoms with Crippen molar-refractivity contribution in [3.8, 4) is 0 Å². The molecule has 0 nitrogen and oxygen atoms in total.